The molecule has 0 spiro atoms. The van der Waals surface area contributed by atoms with Crippen LogP contribution in [0.15, 0.2) is 71.8 Å². The summed E-state index contributed by atoms with van der Waals surface area (Å²) in [5.41, 5.74) is 4.97. The van der Waals surface area contributed by atoms with Gasteiger partial charge in [-0.25, -0.2) is 9.82 Å². The van der Waals surface area contributed by atoms with E-state index in [2.05, 4.69) is 16.6 Å². The molecule has 3 nitrogen and oxygen atoms in total. The number of benzene rings is 3. The number of nitrogens with zero attached hydrogens (tertiary/aromatic N) is 1. The minimum absolute atomic E-state index is 0.161. The predicted molar refractivity (Wildman–Crippen MR) is 94.4 cm³/mol. The van der Waals surface area contributed by atoms with Crippen molar-refractivity contribution in [1.29, 1.82) is 0 Å². The number of hydrogen-bond donors (Lipinski definition) is 1. The fraction of sp³-hybridized carbons (Fsp3) is 0.100. The van der Waals surface area contributed by atoms with E-state index in [-0.39, 0.29) is 18.1 Å². The van der Waals surface area contributed by atoms with Crippen molar-refractivity contribution in [2.24, 2.45) is 5.10 Å². The van der Waals surface area contributed by atoms with Crippen LogP contribution < -0.4 is 5.43 Å². The highest BCUT2D eigenvalue weighted by Gasteiger charge is 2.04. The summed E-state index contributed by atoms with van der Waals surface area (Å²) in [6, 6.07) is 20.0. The first-order valence-corrected chi connectivity index (χ1v) is 7.68. The number of carbonyl (C=O) groups is 1. The molecule has 0 saturated heterocycles. The Morgan fingerprint density at radius 2 is 1.71 bits per heavy atom. The molecule has 0 atom stereocenters. The van der Waals surface area contributed by atoms with E-state index in [1.165, 1.54) is 12.1 Å². The van der Waals surface area contributed by atoms with Crippen LogP contribution in [-0.4, -0.2) is 11.6 Å². The molecule has 0 aliphatic heterocycles. The molecule has 0 aromatic heterocycles. The summed E-state index contributed by atoms with van der Waals surface area (Å²) in [5, 5.41) is 6.45. The lowest BCUT2D eigenvalue weighted by Gasteiger charge is -2.05. The second-order valence-corrected chi connectivity index (χ2v) is 5.60. The predicted octanol–water partition coefficient (Wildman–Crippen LogP) is 4.06. The third-order valence-corrected chi connectivity index (χ3v) is 3.79. The number of amides is 1. The molecular weight excluding hydrogens is 303 g/mol. The van der Waals surface area contributed by atoms with Gasteiger partial charge in [-0.15, -0.1) is 0 Å². The molecule has 0 aliphatic rings. The van der Waals surface area contributed by atoms with E-state index in [4.69, 9.17) is 0 Å². The molecule has 0 heterocycles. The third kappa shape index (κ3) is 3.84. The van der Waals surface area contributed by atoms with Gasteiger partial charge in [0.25, 0.3) is 0 Å². The monoisotopic (exact) mass is 320 g/mol. The summed E-state index contributed by atoms with van der Waals surface area (Å²) in [6.45, 7) is 1.85. The molecule has 0 unspecified atom stereocenters. The second kappa shape index (κ2) is 7.04. The van der Waals surface area contributed by atoms with Gasteiger partial charge in [-0.05, 0) is 47.0 Å². The van der Waals surface area contributed by atoms with Crippen LogP contribution in [0.4, 0.5) is 4.39 Å². The molecule has 4 heteroatoms. The molecule has 0 aliphatic carbocycles. The van der Waals surface area contributed by atoms with Crippen molar-refractivity contribution in [2.45, 2.75) is 13.3 Å². The van der Waals surface area contributed by atoms with Crippen molar-refractivity contribution in [2.75, 3.05) is 0 Å². The zero-order valence-corrected chi connectivity index (χ0v) is 13.3. The lowest BCUT2D eigenvalue weighted by atomic mass is 10.0. The molecule has 3 aromatic carbocycles. The van der Waals surface area contributed by atoms with E-state index in [0.717, 1.165) is 27.6 Å². The number of hydrogen-bond acceptors (Lipinski definition) is 2. The second-order valence-electron chi connectivity index (χ2n) is 5.60. The molecular formula is C20H17FN2O. The van der Waals surface area contributed by atoms with Gasteiger partial charge in [-0.2, -0.15) is 5.10 Å². The van der Waals surface area contributed by atoms with Crippen LogP contribution in [0.25, 0.3) is 10.8 Å². The molecule has 0 fully saturated rings. The Morgan fingerprint density at radius 3 is 2.46 bits per heavy atom. The van der Waals surface area contributed by atoms with Crippen molar-refractivity contribution < 1.29 is 9.18 Å². The molecule has 0 saturated carbocycles. The highest BCUT2D eigenvalue weighted by Crippen LogP contribution is 2.16. The highest BCUT2D eigenvalue weighted by atomic mass is 19.1. The lowest BCUT2D eigenvalue weighted by Crippen LogP contribution is -2.21. The van der Waals surface area contributed by atoms with Crippen LogP contribution >= 0.6 is 0 Å². The van der Waals surface area contributed by atoms with Gasteiger partial charge in [0, 0.05) is 0 Å². The van der Waals surface area contributed by atoms with Gasteiger partial charge in [0.05, 0.1) is 12.1 Å². The summed E-state index contributed by atoms with van der Waals surface area (Å²) in [6.07, 6.45) is 0.161. The first kappa shape index (κ1) is 15.9. The smallest absolute Gasteiger partial charge is 0.244 e. The normalized spacial score (nSPS) is 11.5. The van der Waals surface area contributed by atoms with E-state index in [9.17, 15) is 9.18 Å². The lowest BCUT2D eigenvalue weighted by molar-refractivity contribution is -0.120. The molecule has 1 amide bonds. The Bertz CT molecular complexity index is 901. The Balaban J connectivity index is 1.68. The highest BCUT2D eigenvalue weighted by molar-refractivity contribution is 6.02. The Kier molecular flexibility index (Phi) is 4.66. The van der Waals surface area contributed by atoms with Crippen molar-refractivity contribution in [3.8, 4) is 0 Å². The molecule has 3 aromatic rings. The molecule has 24 heavy (non-hydrogen) atoms. The van der Waals surface area contributed by atoms with Crippen molar-refractivity contribution >= 4 is 22.4 Å². The van der Waals surface area contributed by atoms with E-state index >= 15 is 0 Å². The number of rotatable bonds is 4. The summed E-state index contributed by atoms with van der Waals surface area (Å²) in [7, 11) is 0. The number of nitrogens with one attached hydrogen (secondary N) is 1. The third-order valence-electron chi connectivity index (χ3n) is 3.79. The summed E-state index contributed by atoms with van der Waals surface area (Å²) >= 11 is 0. The van der Waals surface area contributed by atoms with E-state index < -0.39 is 0 Å². The minimum Gasteiger partial charge on any atom is -0.273 e. The number of carbonyl (C=O) groups excluding carboxylic acids is 1. The zero-order chi connectivity index (χ0) is 16.9. The SMILES string of the molecule is C/C(=N/NC(=O)Cc1ccc(F)cc1)c1ccc2ccccc2c1. The van der Waals surface area contributed by atoms with Crippen LogP contribution in [0.3, 0.4) is 0 Å². The Morgan fingerprint density at radius 1 is 1.00 bits per heavy atom. The quantitative estimate of drug-likeness (QED) is 0.571. The van der Waals surface area contributed by atoms with Crippen molar-refractivity contribution in [3.63, 3.8) is 0 Å². The maximum absolute atomic E-state index is 12.9. The molecule has 1 N–H and O–H groups in total. The van der Waals surface area contributed by atoms with Gasteiger partial charge in [-0.3, -0.25) is 4.79 Å². The van der Waals surface area contributed by atoms with Crippen LogP contribution in [0.1, 0.15) is 18.1 Å². The van der Waals surface area contributed by atoms with Gasteiger partial charge < -0.3 is 0 Å². The fourth-order valence-electron chi connectivity index (χ4n) is 2.45. The maximum Gasteiger partial charge on any atom is 0.244 e. The van der Waals surface area contributed by atoms with Gasteiger partial charge in [0.1, 0.15) is 5.82 Å². The van der Waals surface area contributed by atoms with Crippen LogP contribution in [0.2, 0.25) is 0 Å². The van der Waals surface area contributed by atoms with E-state index in [1.54, 1.807) is 12.1 Å². The van der Waals surface area contributed by atoms with Gasteiger partial charge in [0.15, 0.2) is 0 Å². The number of halogens is 1. The van der Waals surface area contributed by atoms with E-state index in [0.29, 0.717) is 0 Å². The van der Waals surface area contributed by atoms with Gasteiger partial charge >= 0.3 is 0 Å². The average molecular weight is 320 g/mol. The summed E-state index contributed by atoms with van der Waals surface area (Å²) < 4.78 is 12.9. The molecule has 3 rings (SSSR count). The molecule has 120 valence electrons. The van der Waals surface area contributed by atoms with Crippen LogP contribution in [0.5, 0.6) is 0 Å². The van der Waals surface area contributed by atoms with Crippen molar-refractivity contribution in [3.05, 3.63) is 83.7 Å². The van der Waals surface area contributed by atoms with Crippen molar-refractivity contribution in [1.82, 2.24) is 5.43 Å². The van der Waals surface area contributed by atoms with Gasteiger partial charge in [-0.1, -0.05) is 48.5 Å². The maximum atomic E-state index is 12.9. The topological polar surface area (TPSA) is 41.5 Å². The summed E-state index contributed by atoms with van der Waals surface area (Å²) in [5.74, 6) is -0.550. The summed E-state index contributed by atoms with van der Waals surface area (Å²) in [4.78, 5) is 11.9. The molecule has 0 radical (unpaired) electrons. The Labute approximate surface area is 139 Å². The standard InChI is InChI=1S/C20H17FN2O/c1-14(17-9-8-16-4-2-3-5-18(16)13-17)22-23-20(24)12-15-6-10-19(21)11-7-15/h2-11,13H,12H2,1H3,(H,23,24)/b22-14-. The van der Waals surface area contributed by atoms with Crippen LogP contribution in [0, 0.1) is 5.82 Å². The first-order valence-electron chi connectivity index (χ1n) is 7.68. The first-order chi connectivity index (χ1) is 11.6. The van der Waals surface area contributed by atoms with Gasteiger partial charge in [0.2, 0.25) is 5.91 Å². The number of fused-ring (bicyclic) bond motifs is 1. The fourth-order valence-corrected chi connectivity index (χ4v) is 2.45. The molecule has 0 bridgehead atoms. The zero-order valence-electron chi connectivity index (χ0n) is 13.3. The number of hydrazone groups is 1. The Hall–Kier alpha value is -3.01. The van der Waals surface area contributed by atoms with Crippen LogP contribution in [-0.2, 0) is 11.2 Å². The largest absolute Gasteiger partial charge is 0.273 e. The minimum atomic E-state index is -0.315. The average Bonchev–Trinajstić information content (AvgIpc) is 2.61. The van der Waals surface area contributed by atoms with E-state index in [1.807, 2.05) is 43.3 Å².